The van der Waals surface area contributed by atoms with Gasteiger partial charge >= 0.3 is 12.1 Å². The lowest BCUT2D eigenvalue weighted by atomic mass is 9.98. The van der Waals surface area contributed by atoms with E-state index in [0.29, 0.717) is 51.6 Å². The number of amides is 4. The number of nitrogens with zero attached hydrogens (tertiary/aromatic N) is 5. The van der Waals surface area contributed by atoms with Crippen LogP contribution in [0.3, 0.4) is 0 Å². The van der Waals surface area contributed by atoms with Gasteiger partial charge in [-0.25, -0.2) is 9.59 Å². The largest absolute Gasteiger partial charge is 0.507 e. The smallest absolute Gasteiger partial charge is 0.410 e. The normalized spacial score (nSPS) is 21.2. The van der Waals surface area contributed by atoms with E-state index < -0.39 is 12.2 Å². The molecule has 2 aromatic rings. The van der Waals surface area contributed by atoms with Gasteiger partial charge in [0.1, 0.15) is 5.75 Å². The number of hydrogen-bond acceptors (Lipinski definition) is 7. The molecule has 1 atom stereocenters. The van der Waals surface area contributed by atoms with Crippen molar-refractivity contribution < 1.29 is 24.2 Å². The molecule has 0 aromatic heterocycles. The van der Waals surface area contributed by atoms with E-state index >= 15 is 0 Å². The second kappa shape index (κ2) is 14.5. The second-order valence-electron chi connectivity index (χ2n) is 13.8. The van der Waals surface area contributed by atoms with Gasteiger partial charge in [-0.2, -0.15) is 0 Å². The van der Waals surface area contributed by atoms with Crippen LogP contribution in [0.2, 0.25) is 0 Å². The highest BCUT2D eigenvalue weighted by atomic mass is 16.6. The van der Waals surface area contributed by atoms with Gasteiger partial charge in [0.15, 0.2) is 6.10 Å². The summed E-state index contributed by atoms with van der Waals surface area (Å²) in [5, 5.41) is 13.4. The van der Waals surface area contributed by atoms with Crippen LogP contribution in [0.5, 0.6) is 5.75 Å². The summed E-state index contributed by atoms with van der Waals surface area (Å²) in [5.74, 6) is 0.0821. The molecule has 3 fully saturated rings. The number of aromatic hydroxyl groups is 1. The van der Waals surface area contributed by atoms with E-state index in [4.69, 9.17) is 4.74 Å². The van der Waals surface area contributed by atoms with E-state index in [1.165, 1.54) is 0 Å². The minimum atomic E-state index is -0.960. The molecule has 254 valence electrons. The molecule has 0 aliphatic carbocycles. The Balaban J connectivity index is 1.08. The van der Waals surface area contributed by atoms with Crippen molar-refractivity contribution in [3.8, 4) is 5.75 Å². The van der Waals surface area contributed by atoms with Crippen LogP contribution in [0, 0.1) is 13.8 Å². The maximum absolute atomic E-state index is 14.0. The number of urea groups is 1. The molecule has 1 unspecified atom stereocenters. The topological polar surface area (TPSA) is 109 Å². The minimum absolute atomic E-state index is 0.0235. The third kappa shape index (κ3) is 7.67. The number of phenolic OH excluding ortho intramolecular Hbond substituents is 1. The number of piperazine rings is 1. The van der Waals surface area contributed by atoms with Gasteiger partial charge in [-0.05, 0) is 81.3 Å². The molecule has 0 saturated carbocycles. The van der Waals surface area contributed by atoms with Gasteiger partial charge in [0.05, 0.1) is 0 Å². The number of rotatable bonds is 6. The van der Waals surface area contributed by atoms with Gasteiger partial charge in [-0.1, -0.05) is 30.3 Å². The Morgan fingerprint density at radius 2 is 1.49 bits per heavy atom. The molecule has 2 N–H and O–H groups in total. The van der Waals surface area contributed by atoms with Crippen LogP contribution >= 0.6 is 0 Å². The molecule has 4 aliphatic heterocycles. The highest BCUT2D eigenvalue weighted by Crippen LogP contribution is 2.27. The van der Waals surface area contributed by atoms with Gasteiger partial charge in [-0.3, -0.25) is 9.69 Å². The summed E-state index contributed by atoms with van der Waals surface area (Å²) in [6, 6.07) is 12.0. The molecule has 4 heterocycles. The molecule has 11 heteroatoms. The number of anilines is 1. The number of carbonyl (C=O) groups excluding carboxylic acids is 3. The maximum Gasteiger partial charge on any atom is 0.410 e. The van der Waals surface area contributed by atoms with Gasteiger partial charge < -0.3 is 34.8 Å². The summed E-state index contributed by atoms with van der Waals surface area (Å²) in [6.07, 6.45) is 2.70. The molecule has 3 saturated heterocycles. The molecule has 0 bridgehead atoms. The first kappa shape index (κ1) is 33.1. The van der Waals surface area contributed by atoms with E-state index in [9.17, 15) is 19.5 Å². The predicted octanol–water partition coefficient (Wildman–Crippen LogP) is 3.85. The quantitative estimate of drug-likeness (QED) is 0.491. The molecule has 4 aliphatic rings. The standard InChI is InChI=1S/C36H50N6O5/c1-25-22-27(23-26(2)33(25)43)24-32(34(44)40-13-9-29(10-14-40)39-20-18-38(3)19-21-39)47-36(46)41-15-11-30(12-16-41)42-17-8-28-6-4-5-7-31(28)37-35(42)45/h4-7,22-23,29-30,32,43H,8-21,24H2,1-3H3,(H,37,45). The van der Waals surface area contributed by atoms with Crippen LogP contribution in [0.25, 0.3) is 0 Å². The summed E-state index contributed by atoms with van der Waals surface area (Å²) >= 11 is 0. The first-order valence-corrected chi connectivity index (χ1v) is 17.3. The van der Waals surface area contributed by atoms with Crippen LogP contribution in [0.1, 0.15) is 47.9 Å². The SMILES string of the molecule is Cc1cc(CC(OC(=O)N2CCC(N3CCc4ccccc4NC3=O)CC2)C(=O)N2CCC(N3CCN(C)CC3)CC2)cc(C)c1O. The Morgan fingerprint density at radius 3 is 2.17 bits per heavy atom. The number of fused-ring (bicyclic) bond motifs is 1. The van der Waals surface area contributed by atoms with Crippen molar-refractivity contribution in [3.63, 3.8) is 0 Å². The molecule has 4 amide bonds. The maximum atomic E-state index is 14.0. The number of piperidine rings is 2. The van der Waals surface area contributed by atoms with Crippen LogP contribution in [0.4, 0.5) is 15.3 Å². The summed E-state index contributed by atoms with van der Waals surface area (Å²) in [7, 11) is 2.16. The number of hydrogen-bond donors (Lipinski definition) is 2. The van der Waals surface area contributed by atoms with E-state index in [-0.39, 0.29) is 30.2 Å². The van der Waals surface area contributed by atoms with Crippen LogP contribution in [-0.2, 0) is 22.4 Å². The van der Waals surface area contributed by atoms with Crippen molar-refractivity contribution in [1.82, 2.24) is 24.5 Å². The fraction of sp³-hybridized carbons (Fsp3) is 0.583. The molecule has 6 rings (SSSR count). The molecule has 0 spiro atoms. The zero-order chi connectivity index (χ0) is 33.1. The van der Waals surface area contributed by atoms with E-state index in [1.54, 1.807) is 4.90 Å². The Kier molecular flexibility index (Phi) is 10.2. The highest BCUT2D eigenvalue weighted by Gasteiger charge is 2.36. The van der Waals surface area contributed by atoms with Gasteiger partial charge in [0.2, 0.25) is 0 Å². The number of nitrogens with one attached hydrogen (secondary N) is 1. The molecular weight excluding hydrogens is 596 g/mol. The third-order valence-electron chi connectivity index (χ3n) is 10.6. The average Bonchev–Trinajstić information content (AvgIpc) is 3.25. The molecule has 47 heavy (non-hydrogen) atoms. The van der Waals surface area contributed by atoms with Crippen LogP contribution in [0.15, 0.2) is 36.4 Å². The van der Waals surface area contributed by atoms with E-state index in [0.717, 1.165) is 73.4 Å². The first-order chi connectivity index (χ1) is 22.7. The summed E-state index contributed by atoms with van der Waals surface area (Å²) in [4.78, 5) is 51.0. The number of ether oxygens (including phenoxy) is 1. The summed E-state index contributed by atoms with van der Waals surface area (Å²) < 4.78 is 6.06. The Labute approximate surface area is 278 Å². The predicted molar refractivity (Wildman–Crippen MR) is 181 cm³/mol. The van der Waals surface area contributed by atoms with Crippen molar-refractivity contribution in [2.45, 2.75) is 70.6 Å². The number of aryl methyl sites for hydroxylation is 2. The fourth-order valence-electron chi connectivity index (χ4n) is 7.69. The minimum Gasteiger partial charge on any atom is -0.507 e. The lowest BCUT2D eigenvalue weighted by Crippen LogP contribution is -2.54. The number of likely N-dealkylation sites (N-methyl/N-ethyl adjacent to an activating group) is 1. The number of phenols is 1. The van der Waals surface area contributed by atoms with Crippen LogP contribution in [-0.4, -0.2) is 132 Å². The second-order valence-corrected chi connectivity index (χ2v) is 13.8. The number of benzene rings is 2. The average molecular weight is 647 g/mol. The highest BCUT2D eigenvalue weighted by molar-refractivity contribution is 5.91. The van der Waals surface area contributed by atoms with Crippen molar-refractivity contribution in [3.05, 3.63) is 58.7 Å². The zero-order valence-corrected chi connectivity index (χ0v) is 28.1. The molecular formula is C36H50N6O5. The van der Waals surface area contributed by atoms with Gasteiger partial charge in [0, 0.05) is 83.1 Å². The Morgan fingerprint density at radius 1 is 0.872 bits per heavy atom. The van der Waals surface area contributed by atoms with E-state index in [1.807, 2.05) is 60.0 Å². The van der Waals surface area contributed by atoms with Crippen molar-refractivity contribution >= 4 is 23.7 Å². The van der Waals surface area contributed by atoms with Crippen molar-refractivity contribution in [1.29, 1.82) is 0 Å². The lowest BCUT2D eigenvalue weighted by Gasteiger charge is -2.42. The zero-order valence-electron chi connectivity index (χ0n) is 28.1. The molecule has 0 radical (unpaired) electrons. The van der Waals surface area contributed by atoms with Gasteiger partial charge in [0.25, 0.3) is 5.91 Å². The lowest BCUT2D eigenvalue weighted by molar-refractivity contribution is -0.142. The van der Waals surface area contributed by atoms with Gasteiger partial charge in [-0.15, -0.1) is 0 Å². The fourth-order valence-corrected chi connectivity index (χ4v) is 7.69. The monoisotopic (exact) mass is 646 g/mol. The third-order valence-corrected chi connectivity index (χ3v) is 10.6. The number of likely N-dealkylation sites (tertiary alicyclic amines) is 2. The first-order valence-electron chi connectivity index (χ1n) is 17.3. The summed E-state index contributed by atoms with van der Waals surface area (Å²) in [6.45, 7) is 10.8. The van der Waals surface area contributed by atoms with Crippen molar-refractivity contribution in [2.24, 2.45) is 0 Å². The number of para-hydroxylation sites is 1. The van der Waals surface area contributed by atoms with Crippen LogP contribution < -0.4 is 5.32 Å². The Bertz CT molecular complexity index is 1420. The molecule has 2 aromatic carbocycles. The summed E-state index contributed by atoms with van der Waals surface area (Å²) in [5.41, 5.74) is 4.30. The van der Waals surface area contributed by atoms with Crippen molar-refractivity contribution in [2.75, 3.05) is 71.3 Å². The molecule has 11 nitrogen and oxygen atoms in total. The van der Waals surface area contributed by atoms with E-state index in [2.05, 4.69) is 22.2 Å². The number of carbonyl (C=O) groups is 3. The Hall–Kier alpha value is -3.83.